The van der Waals surface area contributed by atoms with E-state index in [4.69, 9.17) is 0 Å². The van der Waals surface area contributed by atoms with Crippen molar-refractivity contribution in [3.05, 3.63) is 90.0 Å². The lowest BCUT2D eigenvalue weighted by Gasteiger charge is -2.10. The van der Waals surface area contributed by atoms with Crippen molar-refractivity contribution in [2.45, 2.75) is 18.5 Å². The molecule has 6 nitrogen and oxygen atoms in total. The monoisotopic (exact) mass is 410 g/mol. The molecule has 4 aromatic rings. The van der Waals surface area contributed by atoms with E-state index in [9.17, 15) is 9.90 Å². The van der Waals surface area contributed by atoms with E-state index >= 15 is 0 Å². The molecule has 1 aliphatic rings. The number of rotatable bonds is 4. The molecular weight excluding hydrogens is 388 g/mol. The van der Waals surface area contributed by atoms with Crippen LogP contribution in [0.2, 0.25) is 0 Å². The molecule has 1 fully saturated rings. The van der Waals surface area contributed by atoms with Crippen LogP contribution in [-0.2, 0) is 4.79 Å². The van der Waals surface area contributed by atoms with Gasteiger partial charge in [-0.05, 0) is 45.7 Å². The first kappa shape index (κ1) is 19.2. The molecule has 1 aliphatic heterocycles. The zero-order valence-corrected chi connectivity index (χ0v) is 16.7. The van der Waals surface area contributed by atoms with Gasteiger partial charge in [-0.15, -0.1) is 0 Å². The Morgan fingerprint density at radius 1 is 0.935 bits per heavy atom. The smallest absolute Gasteiger partial charge is 0.258 e. The molecule has 0 radical (unpaired) electrons. The highest BCUT2D eigenvalue weighted by Gasteiger charge is 2.30. The number of nitrogens with zero attached hydrogens (tertiary/aromatic N) is 1. The lowest BCUT2D eigenvalue weighted by molar-refractivity contribution is -0.122. The van der Waals surface area contributed by atoms with Crippen LogP contribution in [0.25, 0.3) is 21.5 Å². The summed E-state index contributed by atoms with van der Waals surface area (Å²) in [7, 11) is 0. The van der Waals surface area contributed by atoms with Crippen LogP contribution >= 0.6 is 0 Å². The number of hydrazine groups is 1. The molecule has 0 aliphatic carbocycles. The summed E-state index contributed by atoms with van der Waals surface area (Å²) >= 11 is 0. The lowest BCUT2D eigenvalue weighted by Crippen LogP contribution is -2.41. The van der Waals surface area contributed by atoms with Crippen LogP contribution in [0.15, 0.2) is 84.0 Å². The van der Waals surface area contributed by atoms with Crippen molar-refractivity contribution in [2.75, 3.05) is 0 Å². The van der Waals surface area contributed by atoms with Gasteiger partial charge in [0.1, 0.15) is 11.8 Å². The van der Waals surface area contributed by atoms with Gasteiger partial charge in [0.05, 0.1) is 6.21 Å². The van der Waals surface area contributed by atoms with Crippen molar-refractivity contribution >= 4 is 33.7 Å². The van der Waals surface area contributed by atoms with Crippen molar-refractivity contribution < 1.29 is 9.90 Å². The van der Waals surface area contributed by atoms with E-state index in [0.29, 0.717) is 12.0 Å². The highest BCUT2D eigenvalue weighted by Crippen LogP contribution is 2.27. The summed E-state index contributed by atoms with van der Waals surface area (Å²) in [6.07, 6.45) is 2.10. The molecule has 0 aromatic heterocycles. The molecule has 5 rings (SSSR count). The quantitative estimate of drug-likeness (QED) is 0.305. The van der Waals surface area contributed by atoms with Gasteiger partial charge in [-0.1, -0.05) is 66.7 Å². The molecule has 0 saturated carbocycles. The Kier molecular flexibility index (Phi) is 5.08. The van der Waals surface area contributed by atoms with E-state index in [1.165, 1.54) is 17.0 Å². The van der Waals surface area contributed by atoms with Gasteiger partial charge in [-0.25, -0.2) is 16.3 Å². The zero-order chi connectivity index (χ0) is 21.2. The fourth-order valence-corrected chi connectivity index (χ4v) is 4.03. The first-order chi connectivity index (χ1) is 15.2. The number of carbonyl (C=O) groups excluding carboxylic acids is 1. The Labute approximate surface area is 179 Å². The Balaban J connectivity index is 1.26. The Bertz CT molecular complexity index is 1300. The average molecular weight is 410 g/mol. The van der Waals surface area contributed by atoms with Crippen LogP contribution in [0, 0.1) is 0 Å². The highest BCUT2D eigenvalue weighted by atomic mass is 16.3. The maximum absolute atomic E-state index is 12.6. The number of phenolic OH excluding ortho intramolecular Hbond substituents is 1. The van der Waals surface area contributed by atoms with Gasteiger partial charge < -0.3 is 5.11 Å². The fourth-order valence-electron chi connectivity index (χ4n) is 4.03. The standard InChI is InChI=1S/C25H22N4O2/c30-24-12-11-17-6-3-4-8-20(17)21(24)15-26-29-25(31)23-14-22(27-28-23)19-10-9-16-5-1-2-7-18(16)13-19/h1-13,15,22-23,27-28,30H,14H2,(H,29,31)/b26-15+. The van der Waals surface area contributed by atoms with Crippen LogP contribution in [0.4, 0.5) is 0 Å². The minimum atomic E-state index is -0.408. The summed E-state index contributed by atoms with van der Waals surface area (Å²) in [6, 6.07) is 25.4. The number of carbonyl (C=O) groups is 1. The Morgan fingerprint density at radius 3 is 2.55 bits per heavy atom. The number of hydrazone groups is 1. The number of amides is 1. The lowest BCUT2D eigenvalue weighted by atomic mass is 9.99. The first-order valence-corrected chi connectivity index (χ1v) is 10.2. The molecule has 154 valence electrons. The molecule has 1 amide bonds. The van der Waals surface area contributed by atoms with E-state index in [2.05, 4.69) is 51.7 Å². The van der Waals surface area contributed by atoms with Crippen molar-refractivity contribution in [2.24, 2.45) is 5.10 Å². The van der Waals surface area contributed by atoms with E-state index in [-0.39, 0.29) is 17.7 Å². The minimum Gasteiger partial charge on any atom is -0.507 e. The number of benzene rings is 4. The molecule has 1 saturated heterocycles. The van der Waals surface area contributed by atoms with Crippen molar-refractivity contribution in [1.29, 1.82) is 0 Å². The molecule has 2 unspecified atom stereocenters. The molecule has 1 heterocycles. The second-order valence-electron chi connectivity index (χ2n) is 7.69. The number of fused-ring (bicyclic) bond motifs is 2. The molecule has 6 heteroatoms. The summed E-state index contributed by atoms with van der Waals surface area (Å²) in [6.45, 7) is 0. The van der Waals surface area contributed by atoms with Crippen LogP contribution in [0.1, 0.15) is 23.6 Å². The third-order valence-corrected chi connectivity index (χ3v) is 5.71. The van der Waals surface area contributed by atoms with E-state index in [1.54, 1.807) is 6.07 Å². The Hall–Kier alpha value is -3.74. The van der Waals surface area contributed by atoms with Gasteiger partial charge in [-0.3, -0.25) is 4.79 Å². The number of hydrogen-bond acceptors (Lipinski definition) is 5. The van der Waals surface area contributed by atoms with Crippen molar-refractivity contribution in [3.8, 4) is 5.75 Å². The Morgan fingerprint density at radius 2 is 1.68 bits per heavy atom. The van der Waals surface area contributed by atoms with E-state index in [0.717, 1.165) is 16.3 Å². The van der Waals surface area contributed by atoms with Gasteiger partial charge in [-0.2, -0.15) is 5.10 Å². The maximum Gasteiger partial charge on any atom is 0.258 e. The summed E-state index contributed by atoms with van der Waals surface area (Å²) in [5.74, 6) is -0.111. The molecule has 31 heavy (non-hydrogen) atoms. The van der Waals surface area contributed by atoms with E-state index < -0.39 is 6.04 Å². The van der Waals surface area contributed by atoms with Crippen LogP contribution in [0.3, 0.4) is 0 Å². The average Bonchev–Trinajstić information content (AvgIpc) is 3.31. The van der Waals surface area contributed by atoms with Crippen LogP contribution in [-0.4, -0.2) is 23.3 Å². The first-order valence-electron chi connectivity index (χ1n) is 10.2. The highest BCUT2D eigenvalue weighted by molar-refractivity contribution is 6.02. The predicted octanol–water partition coefficient (Wildman–Crippen LogP) is 3.76. The topological polar surface area (TPSA) is 85.8 Å². The minimum absolute atomic E-state index is 0.0337. The van der Waals surface area contributed by atoms with Gasteiger partial charge in [0.25, 0.3) is 5.91 Å². The number of phenols is 1. The van der Waals surface area contributed by atoms with Gasteiger partial charge >= 0.3 is 0 Å². The number of aromatic hydroxyl groups is 1. The molecule has 2 atom stereocenters. The van der Waals surface area contributed by atoms with Crippen molar-refractivity contribution in [3.63, 3.8) is 0 Å². The zero-order valence-electron chi connectivity index (χ0n) is 16.7. The van der Waals surface area contributed by atoms with Crippen molar-refractivity contribution in [1.82, 2.24) is 16.3 Å². The predicted molar refractivity (Wildman–Crippen MR) is 123 cm³/mol. The van der Waals surface area contributed by atoms with Crippen LogP contribution < -0.4 is 16.3 Å². The third kappa shape index (κ3) is 3.86. The molecule has 0 bridgehead atoms. The third-order valence-electron chi connectivity index (χ3n) is 5.71. The summed E-state index contributed by atoms with van der Waals surface area (Å²) < 4.78 is 0. The second kappa shape index (κ2) is 8.18. The fraction of sp³-hybridized carbons (Fsp3) is 0.120. The molecular formula is C25H22N4O2. The SMILES string of the molecule is O=C(N/N=C/c1c(O)ccc2ccccc12)C1CC(c2ccc3ccccc3c2)NN1. The number of nitrogens with one attached hydrogen (secondary N) is 3. The molecule has 4 aromatic carbocycles. The van der Waals surface area contributed by atoms with E-state index in [1.807, 2.05) is 42.5 Å². The van der Waals surface area contributed by atoms with Gasteiger partial charge in [0, 0.05) is 11.6 Å². The molecule has 4 N–H and O–H groups in total. The summed E-state index contributed by atoms with van der Waals surface area (Å²) in [4.78, 5) is 12.6. The van der Waals surface area contributed by atoms with Crippen LogP contribution in [0.5, 0.6) is 5.75 Å². The summed E-state index contributed by atoms with van der Waals surface area (Å²) in [5, 5.41) is 18.5. The maximum atomic E-state index is 12.6. The molecule has 0 spiro atoms. The second-order valence-corrected chi connectivity index (χ2v) is 7.69. The normalized spacial score (nSPS) is 18.7. The largest absolute Gasteiger partial charge is 0.507 e. The van der Waals surface area contributed by atoms with Gasteiger partial charge in [0.15, 0.2) is 0 Å². The number of hydrogen-bond donors (Lipinski definition) is 4. The van der Waals surface area contributed by atoms with Gasteiger partial charge in [0.2, 0.25) is 0 Å². The summed E-state index contributed by atoms with van der Waals surface area (Å²) in [5.41, 5.74) is 10.6.